The molecule has 18 heavy (non-hydrogen) atoms. The maximum Gasteiger partial charge on any atom is 0.303 e. The standard InChI is InChI=1S/C13H18N2O3/c16-13(17)5-4-12-10-15(7-8-18-12)9-11-3-1-2-6-14-11/h1-3,6,12H,4-5,7-10H2,(H,16,17). The van der Waals surface area contributed by atoms with E-state index in [2.05, 4.69) is 9.88 Å². The Morgan fingerprint density at radius 2 is 2.44 bits per heavy atom. The van der Waals surface area contributed by atoms with E-state index in [0.29, 0.717) is 13.0 Å². The summed E-state index contributed by atoms with van der Waals surface area (Å²) in [5.74, 6) is -0.763. The fraction of sp³-hybridized carbons (Fsp3) is 0.538. The van der Waals surface area contributed by atoms with Gasteiger partial charge >= 0.3 is 5.97 Å². The van der Waals surface area contributed by atoms with Crippen molar-refractivity contribution in [1.29, 1.82) is 0 Å². The fourth-order valence-electron chi connectivity index (χ4n) is 2.10. The number of carboxylic acids is 1. The second-order valence-corrected chi connectivity index (χ2v) is 4.48. The molecule has 0 saturated carbocycles. The molecule has 0 radical (unpaired) electrons. The molecule has 1 N–H and O–H groups in total. The van der Waals surface area contributed by atoms with Crippen LogP contribution in [0.4, 0.5) is 0 Å². The predicted molar refractivity (Wildman–Crippen MR) is 66.1 cm³/mol. The molecular formula is C13H18N2O3. The van der Waals surface area contributed by atoms with Crippen LogP contribution in [-0.4, -0.2) is 46.8 Å². The number of aromatic nitrogens is 1. The molecule has 2 rings (SSSR count). The van der Waals surface area contributed by atoms with Gasteiger partial charge in [-0.3, -0.25) is 14.7 Å². The van der Waals surface area contributed by atoms with Crippen molar-refractivity contribution in [2.24, 2.45) is 0 Å². The largest absolute Gasteiger partial charge is 0.481 e. The van der Waals surface area contributed by atoms with Gasteiger partial charge in [0.2, 0.25) is 0 Å². The van der Waals surface area contributed by atoms with E-state index in [1.54, 1.807) is 6.20 Å². The second kappa shape index (κ2) is 6.47. The first-order valence-electron chi connectivity index (χ1n) is 6.19. The minimum atomic E-state index is -0.763. The van der Waals surface area contributed by atoms with Gasteiger partial charge in [-0.1, -0.05) is 6.07 Å². The van der Waals surface area contributed by atoms with E-state index < -0.39 is 5.97 Å². The van der Waals surface area contributed by atoms with Crippen molar-refractivity contribution in [1.82, 2.24) is 9.88 Å². The first-order chi connectivity index (χ1) is 8.74. The number of hydrogen-bond donors (Lipinski definition) is 1. The summed E-state index contributed by atoms with van der Waals surface area (Å²) in [4.78, 5) is 17.1. The third-order valence-electron chi connectivity index (χ3n) is 3.01. The van der Waals surface area contributed by atoms with Gasteiger partial charge in [0.15, 0.2) is 0 Å². The summed E-state index contributed by atoms with van der Waals surface area (Å²) >= 11 is 0. The normalized spacial score (nSPS) is 20.8. The lowest BCUT2D eigenvalue weighted by atomic mass is 10.1. The number of pyridine rings is 1. The quantitative estimate of drug-likeness (QED) is 0.849. The molecule has 1 saturated heterocycles. The number of morpholine rings is 1. The number of aliphatic carboxylic acids is 1. The van der Waals surface area contributed by atoms with Gasteiger partial charge in [0.1, 0.15) is 0 Å². The molecule has 1 aliphatic rings. The van der Waals surface area contributed by atoms with Gasteiger partial charge < -0.3 is 9.84 Å². The molecule has 0 aliphatic carbocycles. The number of rotatable bonds is 5. The first kappa shape index (κ1) is 13.0. The summed E-state index contributed by atoms with van der Waals surface area (Å²) in [7, 11) is 0. The zero-order valence-corrected chi connectivity index (χ0v) is 10.3. The lowest BCUT2D eigenvalue weighted by Gasteiger charge is -2.32. The molecule has 0 aromatic carbocycles. The number of carboxylic acid groups (broad SMARTS) is 1. The molecular weight excluding hydrogens is 232 g/mol. The van der Waals surface area contributed by atoms with E-state index in [1.807, 2.05) is 18.2 Å². The van der Waals surface area contributed by atoms with Crippen LogP contribution in [0.1, 0.15) is 18.5 Å². The van der Waals surface area contributed by atoms with Crippen LogP contribution in [0, 0.1) is 0 Å². The molecule has 1 aromatic rings. The number of carbonyl (C=O) groups is 1. The van der Waals surface area contributed by atoms with E-state index >= 15 is 0 Å². The second-order valence-electron chi connectivity index (χ2n) is 4.48. The zero-order chi connectivity index (χ0) is 12.8. The molecule has 0 spiro atoms. The maximum atomic E-state index is 10.5. The van der Waals surface area contributed by atoms with E-state index in [4.69, 9.17) is 9.84 Å². The molecule has 1 aliphatic heterocycles. The lowest BCUT2D eigenvalue weighted by molar-refractivity contribution is -0.138. The van der Waals surface area contributed by atoms with Crippen molar-refractivity contribution < 1.29 is 14.6 Å². The van der Waals surface area contributed by atoms with Gasteiger partial charge in [-0.2, -0.15) is 0 Å². The Balaban J connectivity index is 1.81. The summed E-state index contributed by atoms with van der Waals surface area (Å²) in [6.45, 7) is 3.12. The average molecular weight is 250 g/mol. The Bertz CT molecular complexity index is 383. The minimum Gasteiger partial charge on any atom is -0.481 e. The Labute approximate surface area is 106 Å². The molecule has 98 valence electrons. The van der Waals surface area contributed by atoms with E-state index in [-0.39, 0.29) is 12.5 Å². The van der Waals surface area contributed by atoms with Crippen LogP contribution < -0.4 is 0 Å². The van der Waals surface area contributed by atoms with Gasteiger partial charge in [-0.05, 0) is 18.6 Å². The maximum absolute atomic E-state index is 10.5. The zero-order valence-electron chi connectivity index (χ0n) is 10.3. The monoisotopic (exact) mass is 250 g/mol. The smallest absolute Gasteiger partial charge is 0.303 e. The van der Waals surface area contributed by atoms with Gasteiger partial charge in [0.25, 0.3) is 0 Å². The molecule has 1 fully saturated rings. The molecule has 0 amide bonds. The van der Waals surface area contributed by atoms with Crippen molar-refractivity contribution in [2.75, 3.05) is 19.7 Å². The van der Waals surface area contributed by atoms with Crippen LogP contribution in [-0.2, 0) is 16.1 Å². The van der Waals surface area contributed by atoms with Crippen molar-refractivity contribution in [3.05, 3.63) is 30.1 Å². The molecule has 2 heterocycles. The summed E-state index contributed by atoms with van der Waals surface area (Å²) in [6.07, 6.45) is 2.56. The van der Waals surface area contributed by atoms with Crippen LogP contribution in [0.2, 0.25) is 0 Å². The Kier molecular flexibility index (Phi) is 4.66. The highest BCUT2D eigenvalue weighted by Gasteiger charge is 2.21. The number of nitrogens with zero attached hydrogens (tertiary/aromatic N) is 2. The molecule has 1 atom stereocenters. The highest BCUT2D eigenvalue weighted by atomic mass is 16.5. The predicted octanol–water partition coefficient (Wildman–Crippen LogP) is 1.15. The van der Waals surface area contributed by atoms with Crippen molar-refractivity contribution in [3.63, 3.8) is 0 Å². The summed E-state index contributed by atoms with van der Waals surface area (Å²) in [5.41, 5.74) is 1.04. The molecule has 1 aromatic heterocycles. The SMILES string of the molecule is O=C(O)CCC1CN(Cc2ccccn2)CCO1. The van der Waals surface area contributed by atoms with Crippen molar-refractivity contribution >= 4 is 5.97 Å². The molecule has 5 heteroatoms. The summed E-state index contributed by atoms with van der Waals surface area (Å²) in [6, 6.07) is 5.88. The molecule has 0 bridgehead atoms. The van der Waals surface area contributed by atoms with Crippen LogP contribution in [0.3, 0.4) is 0 Å². The first-order valence-corrected chi connectivity index (χ1v) is 6.19. The van der Waals surface area contributed by atoms with Crippen LogP contribution in [0.15, 0.2) is 24.4 Å². The van der Waals surface area contributed by atoms with Crippen LogP contribution >= 0.6 is 0 Å². The van der Waals surface area contributed by atoms with E-state index in [1.165, 1.54) is 0 Å². The molecule has 5 nitrogen and oxygen atoms in total. The van der Waals surface area contributed by atoms with Crippen LogP contribution in [0.5, 0.6) is 0 Å². The Morgan fingerprint density at radius 1 is 1.56 bits per heavy atom. The van der Waals surface area contributed by atoms with E-state index in [9.17, 15) is 4.79 Å². The van der Waals surface area contributed by atoms with Gasteiger partial charge in [0.05, 0.1) is 18.4 Å². The van der Waals surface area contributed by atoms with Gasteiger partial charge in [0, 0.05) is 32.3 Å². The van der Waals surface area contributed by atoms with Gasteiger partial charge in [-0.25, -0.2) is 0 Å². The summed E-state index contributed by atoms with van der Waals surface area (Å²) < 4.78 is 5.57. The third kappa shape index (κ3) is 4.09. The topological polar surface area (TPSA) is 62.7 Å². The molecule has 1 unspecified atom stereocenters. The minimum absolute atomic E-state index is 0.0264. The third-order valence-corrected chi connectivity index (χ3v) is 3.01. The van der Waals surface area contributed by atoms with Crippen molar-refractivity contribution in [2.45, 2.75) is 25.5 Å². The summed E-state index contributed by atoms with van der Waals surface area (Å²) in [5, 5.41) is 8.67. The fourth-order valence-corrected chi connectivity index (χ4v) is 2.10. The Hall–Kier alpha value is -1.46. The highest BCUT2D eigenvalue weighted by Crippen LogP contribution is 2.12. The van der Waals surface area contributed by atoms with Crippen molar-refractivity contribution in [3.8, 4) is 0 Å². The Morgan fingerprint density at radius 3 is 3.17 bits per heavy atom. The van der Waals surface area contributed by atoms with Gasteiger partial charge in [-0.15, -0.1) is 0 Å². The number of hydrogen-bond acceptors (Lipinski definition) is 4. The van der Waals surface area contributed by atoms with Crippen LogP contribution in [0.25, 0.3) is 0 Å². The lowest BCUT2D eigenvalue weighted by Crippen LogP contribution is -2.42. The highest BCUT2D eigenvalue weighted by molar-refractivity contribution is 5.66. The van der Waals surface area contributed by atoms with E-state index in [0.717, 1.165) is 25.3 Å². The number of ether oxygens (including phenoxy) is 1. The average Bonchev–Trinajstić information content (AvgIpc) is 2.38.